The zero-order valence-electron chi connectivity index (χ0n) is 14.6. The van der Waals surface area contributed by atoms with Crippen LogP contribution in [0.25, 0.3) is 5.69 Å². The van der Waals surface area contributed by atoms with Crippen LogP contribution in [0.2, 0.25) is 5.02 Å². The molecule has 4 rings (SSSR count). The second kappa shape index (κ2) is 7.82. The maximum atomic E-state index is 12.7. The average molecular weight is 383 g/mol. The van der Waals surface area contributed by atoms with Crippen molar-refractivity contribution in [1.29, 1.82) is 0 Å². The summed E-state index contributed by atoms with van der Waals surface area (Å²) < 4.78 is 7.16. The number of amides is 1. The molecule has 1 amide bonds. The van der Waals surface area contributed by atoms with Crippen molar-refractivity contribution in [2.24, 2.45) is 0 Å². The maximum absolute atomic E-state index is 12.7. The van der Waals surface area contributed by atoms with Gasteiger partial charge in [-0.2, -0.15) is 5.10 Å². The highest BCUT2D eigenvalue weighted by molar-refractivity contribution is 6.31. The van der Waals surface area contributed by atoms with Crippen LogP contribution < -0.4 is 10.2 Å². The van der Waals surface area contributed by atoms with E-state index in [1.165, 1.54) is 0 Å². The molecule has 0 bridgehead atoms. The summed E-state index contributed by atoms with van der Waals surface area (Å²) >= 11 is 6.16. The molecule has 6 nitrogen and oxygen atoms in total. The number of nitrogens with zero attached hydrogens (tertiary/aromatic N) is 3. The normalized spacial score (nSPS) is 14.2. The molecule has 0 atom stereocenters. The van der Waals surface area contributed by atoms with E-state index < -0.39 is 0 Å². The first-order valence-corrected chi connectivity index (χ1v) is 9.12. The highest BCUT2D eigenvalue weighted by atomic mass is 35.5. The van der Waals surface area contributed by atoms with Crippen LogP contribution in [0.1, 0.15) is 10.4 Å². The number of rotatable bonds is 4. The second-order valence-corrected chi connectivity index (χ2v) is 6.65. The van der Waals surface area contributed by atoms with Crippen molar-refractivity contribution in [2.75, 3.05) is 36.5 Å². The van der Waals surface area contributed by atoms with E-state index in [0.717, 1.165) is 24.5 Å². The molecule has 27 heavy (non-hydrogen) atoms. The summed E-state index contributed by atoms with van der Waals surface area (Å²) in [6.45, 7) is 2.90. The van der Waals surface area contributed by atoms with E-state index in [0.29, 0.717) is 29.5 Å². The number of aromatic nitrogens is 2. The summed E-state index contributed by atoms with van der Waals surface area (Å²) in [4.78, 5) is 14.9. The van der Waals surface area contributed by atoms with Crippen LogP contribution in [0.3, 0.4) is 0 Å². The van der Waals surface area contributed by atoms with Gasteiger partial charge in [0.2, 0.25) is 0 Å². The molecule has 0 spiro atoms. The minimum absolute atomic E-state index is 0.182. The van der Waals surface area contributed by atoms with Gasteiger partial charge in [0, 0.05) is 36.1 Å². The van der Waals surface area contributed by atoms with Gasteiger partial charge >= 0.3 is 0 Å². The number of anilines is 2. The third-order valence-corrected chi connectivity index (χ3v) is 4.69. The van der Waals surface area contributed by atoms with Crippen molar-refractivity contribution in [3.8, 4) is 5.69 Å². The van der Waals surface area contributed by atoms with Crippen molar-refractivity contribution in [3.05, 3.63) is 71.5 Å². The fourth-order valence-corrected chi connectivity index (χ4v) is 3.24. The minimum atomic E-state index is -0.182. The lowest BCUT2D eigenvalue weighted by Gasteiger charge is -2.30. The summed E-state index contributed by atoms with van der Waals surface area (Å²) in [5, 5.41) is 7.76. The largest absolute Gasteiger partial charge is 0.378 e. The average Bonchev–Trinajstić information content (AvgIpc) is 3.24. The first-order valence-electron chi connectivity index (χ1n) is 8.74. The molecule has 2 heterocycles. The van der Waals surface area contributed by atoms with Gasteiger partial charge in [-0.1, -0.05) is 11.6 Å². The molecule has 0 unspecified atom stereocenters. The van der Waals surface area contributed by atoms with Gasteiger partial charge in [-0.25, -0.2) is 4.68 Å². The van der Waals surface area contributed by atoms with Crippen molar-refractivity contribution >= 4 is 28.9 Å². The third kappa shape index (κ3) is 3.97. The molecule has 1 aromatic heterocycles. The molecule has 138 valence electrons. The molecular formula is C20H19ClN4O2. The number of hydrogen-bond acceptors (Lipinski definition) is 4. The van der Waals surface area contributed by atoms with Crippen molar-refractivity contribution in [1.82, 2.24) is 9.78 Å². The van der Waals surface area contributed by atoms with Gasteiger partial charge in [0.05, 0.1) is 30.3 Å². The molecule has 1 N–H and O–H groups in total. The Kier molecular flexibility index (Phi) is 5.09. The molecule has 2 aromatic carbocycles. The summed E-state index contributed by atoms with van der Waals surface area (Å²) in [6, 6.07) is 14.7. The van der Waals surface area contributed by atoms with Gasteiger partial charge in [-0.15, -0.1) is 0 Å². The highest BCUT2D eigenvalue weighted by Crippen LogP contribution is 2.30. The lowest BCUT2D eigenvalue weighted by Crippen LogP contribution is -2.36. The molecule has 3 aromatic rings. The van der Waals surface area contributed by atoms with Crippen LogP contribution in [-0.2, 0) is 4.74 Å². The predicted octanol–water partition coefficient (Wildman–Crippen LogP) is 3.61. The van der Waals surface area contributed by atoms with E-state index in [1.807, 2.05) is 36.5 Å². The van der Waals surface area contributed by atoms with Gasteiger partial charge in [0.25, 0.3) is 5.91 Å². The van der Waals surface area contributed by atoms with E-state index >= 15 is 0 Å². The minimum Gasteiger partial charge on any atom is -0.378 e. The van der Waals surface area contributed by atoms with E-state index in [4.69, 9.17) is 16.3 Å². The third-order valence-electron chi connectivity index (χ3n) is 4.46. The fourth-order valence-electron chi connectivity index (χ4n) is 3.07. The van der Waals surface area contributed by atoms with Gasteiger partial charge in [0.15, 0.2) is 0 Å². The number of morpholine rings is 1. The number of benzene rings is 2. The fraction of sp³-hybridized carbons (Fsp3) is 0.200. The Labute approximate surface area is 162 Å². The van der Waals surface area contributed by atoms with E-state index in [-0.39, 0.29) is 5.91 Å². The lowest BCUT2D eigenvalue weighted by atomic mass is 10.1. The van der Waals surface area contributed by atoms with Crippen molar-refractivity contribution in [2.45, 2.75) is 0 Å². The van der Waals surface area contributed by atoms with Crippen LogP contribution in [0.5, 0.6) is 0 Å². The number of halogens is 1. The molecule has 1 aliphatic rings. The number of hydrogen-bond donors (Lipinski definition) is 1. The topological polar surface area (TPSA) is 59.4 Å². The molecule has 1 saturated heterocycles. The monoisotopic (exact) mass is 382 g/mol. The maximum Gasteiger partial charge on any atom is 0.255 e. The van der Waals surface area contributed by atoms with Crippen LogP contribution in [0.15, 0.2) is 60.9 Å². The molecular weight excluding hydrogens is 364 g/mol. The molecule has 0 aliphatic carbocycles. The summed E-state index contributed by atoms with van der Waals surface area (Å²) in [5.41, 5.74) is 3.11. The van der Waals surface area contributed by atoms with Gasteiger partial charge < -0.3 is 15.0 Å². The molecule has 1 aliphatic heterocycles. The SMILES string of the molecule is O=C(Nc1cc(Cl)ccc1N1CCOCC1)c1ccc(-n2cccn2)cc1. The highest BCUT2D eigenvalue weighted by Gasteiger charge is 2.17. The van der Waals surface area contributed by atoms with Gasteiger partial charge in [0.1, 0.15) is 0 Å². The predicted molar refractivity (Wildman–Crippen MR) is 106 cm³/mol. The van der Waals surface area contributed by atoms with E-state index in [2.05, 4.69) is 15.3 Å². The van der Waals surface area contributed by atoms with E-state index in [9.17, 15) is 4.79 Å². The first kappa shape index (κ1) is 17.6. The Hall–Kier alpha value is -2.83. The summed E-state index contributed by atoms with van der Waals surface area (Å²) in [7, 11) is 0. The van der Waals surface area contributed by atoms with Crippen LogP contribution in [-0.4, -0.2) is 42.0 Å². The molecule has 1 fully saturated rings. The number of nitrogens with one attached hydrogen (secondary N) is 1. The Morgan fingerprint density at radius 1 is 1.11 bits per heavy atom. The Balaban J connectivity index is 1.54. The molecule has 0 saturated carbocycles. The second-order valence-electron chi connectivity index (χ2n) is 6.21. The van der Waals surface area contributed by atoms with Crippen LogP contribution in [0, 0.1) is 0 Å². The smallest absolute Gasteiger partial charge is 0.255 e. The van der Waals surface area contributed by atoms with Crippen LogP contribution in [0.4, 0.5) is 11.4 Å². The number of ether oxygens (including phenoxy) is 1. The first-order chi connectivity index (χ1) is 13.2. The molecule has 0 radical (unpaired) electrons. The number of carbonyl (C=O) groups excluding carboxylic acids is 1. The zero-order chi connectivity index (χ0) is 18.6. The van der Waals surface area contributed by atoms with E-state index in [1.54, 1.807) is 29.1 Å². The van der Waals surface area contributed by atoms with Crippen molar-refractivity contribution in [3.63, 3.8) is 0 Å². The van der Waals surface area contributed by atoms with Gasteiger partial charge in [-0.3, -0.25) is 4.79 Å². The quantitative estimate of drug-likeness (QED) is 0.748. The van der Waals surface area contributed by atoms with Crippen LogP contribution >= 0.6 is 11.6 Å². The summed E-state index contributed by atoms with van der Waals surface area (Å²) in [6.07, 6.45) is 3.57. The van der Waals surface area contributed by atoms with Crippen molar-refractivity contribution < 1.29 is 9.53 Å². The standard InChI is InChI=1S/C20H19ClN4O2/c21-16-4-7-19(24-10-12-27-13-11-24)18(14-16)23-20(26)15-2-5-17(6-3-15)25-9-1-8-22-25/h1-9,14H,10-13H2,(H,23,26). The summed E-state index contributed by atoms with van der Waals surface area (Å²) in [5.74, 6) is -0.182. The Morgan fingerprint density at radius 3 is 2.59 bits per heavy atom. The zero-order valence-corrected chi connectivity index (χ0v) is 15.4. The lowest BCUT2D eigenvalue weighted by molar-refractivity contribution is 0.102. The molecule has 7 heteroatoms. The number of carbonyl (C=O) groups is 1. The van der Waals surface area contributed by atoms with Gasteiger partial charge in [-0.05, 0) is 48.5 Å². The Morgan fingerprint density at radius 2 is 1.89 bits per heavy atom. The Bertz CT molecular complexity index is 920.